The molecule has 2 aromatic carbocycles. The van der Waals surface area contributed by atoms with E-state index in [1.54, 1.807) is 0 Å². The van der Waals surface area contributed by atoms with E-state index in [-0.39, 0.29) is 0 Å². The van der Waals surface area contributed by atoms with Crippen molar-refractivity contribution in [2.24, 2.45) is 0 Å². The zero-order valence-corrected chi connectivity index (χ0v) is 13.5. The van der Waals surface area contributed by atoms with Gasteiger partial charge in [0.15, 0.2) is 23.3 Å². The molecule has 31 heavy (non-hydrogen) atoms. The molecule has 0 amide bonds. The number of benzene rings is 2. The number of halogens is 14. The first-order valence-corrected chi connectivity index (χ1v) is 6.89. The zero-order chi connectivity index (χ0) is 24.0. The van der Waals surface area contributed by atoms with E-state index in [1.807, 2.05) is 0 Å². The van der Waals surface area contributed by atoms with Gasteiger partial charge in [0, 0.05) is 5.04 Å². The number of alkyl halides is 6. The SMILES string of the molecule is Fc1c(F)c(F)c(C(F)(F)F)c(OOOc2c(F)c(F)c(F)c(F)c2C(F)(F)F)c1F. The molecule has 2 rings (SSSR count). The Balaban J connectivity index is 2.53. The van der Waals surface area contributed by atoms with E-state index >= 15 is 0 Å². The molecule has 0 aliphatic carbocycles. The summed E-state index contributed by atoms with van der Waals surface area (Å²) < 4.78 is 183. The van der Waals surface area contributed by atoms with Gasteiger partial charge in [-0.15, -0.1) is 0 Å². The van der Waals surface area contributed by atoms with Crippen LogP contribution in [0.3, 0.4) is 0 Å². The lowest BCUT2D eigenvalue weighted by molar-refractivity contribution is -0.415. The largest absolute Gasteiger partial charge is 0.423 e. The Morgan fingerprint density at radius 1 is 0.387 bits per heavy atom. The van der Waals surface area contributed by atoms with Crippen molar-refractivity contribution in [2.75, 3.05) is 0 Å². The third kappa shape index (κ3) is 4.26. The highest BCUT2D eigenvalue weighted by atomic mass is 19.4. The van der Waals surface area contributed by atoms with E-state index in [2.05, 4.69) is 14.8 Å². The molecule has 0 atom stereocenters. The Hall–Kier alpha value is -2.98. The van der Waals surface area contributed by atoms with Gasteiger partial charge in [-0.05, 0) is 0 Å². The maximum Gasteiger partial charge on any atom is 0.423 e. The first kappa shape index (κ1) is 24.3. The molecule has 172 valence electrons. The van der Waals surface area contributed by atoms with Gasteiger partial charge in [0.1, 0.15) is 11.1 Å². The van der Waals surface area contributed by atoms with E-state index in [9.17, 15) is 61.5 Å². The molecule has 2 aromatic rings. The monoisotopic (exact) mass is 482 g/mol. The number of hydrogen-bond donors (Lipinski definition) is 0. The van der Waals surface area contributed by atoms with Crippen molar-refractivity contribution in [2.45, 2.75) is 12.4 Å². The quantitative estimate of drug-likeness (QED) is 0.172. The van der Waals surface area contributed by atoms with Gasteiger partial charge < -0.3 is 0 Å². The van der Waals surface area contributed by atoms with E-state index in [4.69, 9.17) is 0 Å². The van der Waals surface area contributed by atoms with Gasteiger partial charge in [0.25, 0.3) is 0 Å². The fourth-order valence-corrected chi connectivity index (χ4v) is 1.97. The smallest absolute Gasteiger partial charge is 0.295 e. The lowest BCUT2D eigenvalue weighted by Crippen LogP contribution is -2.19. The molecule has 0 bridgehead atoms. The highest BCUT2D eigenvalue weighted by Gasteiger charge is 2.45. The lowest BCUT2D eigenvalue weighted by Gasteiger charge is -2.16. The van der Waals surface area contributed by atoms with Gasteiger partial charge in [0.2, 0.25) is 34.8 Å². The van der Waals surface area contributed by atoms with E-state index in [0.29, 0.717) is 0 Å². The van der Waals surface area contributed by atoms with Crippen LogP contribution in [0.15, 0.2) is 0 Å². The van der Waals surface area contributed by atoms with Crippen LogP contribution in [0.25, 0.3) is 0 Å². The molecule has 0 N–H and O–H groups in total. The molecule has 0 spiro atoms. The number of hydrogen-bond acceptors (Lipinski definition) is 3. The van der Waals surface area contributed by atoms with Crippen molar-refractivity contribution in [1.29, 1.82) is 0 Å². The molecule has 0 aliphatic rings. The van der Waals surface area contributed by atoms with E-state index in [0.717, 1.165) is 0 Å². The van der Waals surface area contributed by atoms with Crippen LogP contribution in [0.2, 0.25) is 0 Å². The van der Waals surface area contributed by atoms with Crippen molar-refractivity contribution in [3.05, 3.63) is 57.7 Å². The molecular weight excluding hydrogens is 482 g/mol. The van der Waals surface area contributed by atoms with Crippen molar-refractivity contribution >= 4 is 0 Å². The minimum atomic E-state index is -6.03. The number of rotatable bonds is 4. The summed E-state index contributed by atoms with van der Waals surface area (Å²) in [6.07, 6.45) is -12.1. The van der Waals surface area contributed by atoms with Crippen LogP contribution >= 0.6 is 0 Å². The van der Waals surface area contributed by atoms with Crippen LogP contribution in [-0.4, -0.2) is 0 Å². The van der Waals surface area contributed by atoms with Crippen molar-refractivity contribution in [3.8, 4) is 11.5 Å². The van der Waals surface area contributed by atoms with Crippen molar-refractivity contribution < 1.29 is 76.3 Å². The van der Waals surface area contributed by atoms with Crippen LogP contribution < -0.4 is 9.78 Å². The predicted octanol–water partition coefficient (Wildman–Crippen LogP) is 6.14. The summed E-state index contributed by atoms with van der Waals surface area (Å²) in [6, 6.07) is 0. The van der Waals surface area contributed by atoms with Crippen LogP contribution in [0.5, 0.6) is 11.5 Å². The minimum Gasteiger partial charge on any atom is -0.295 e. The second-order valence-corrected chi connectivity index (χ2v) is 5.15. The Kier molecular flexibility index (Phi) is 6.22. The Morgan fingerprint density at radius 2 is 0.645 bits per heavy atom. The van der Waals surface area contributed by atoms with Gasteiger partial charge in [-0.25, -0.2) is 26.3 Å². The average Bonchev–Trinajstić information content (AvgIpc) is 2.64. The summed E-state index contributed by atoms with van der Waals surface area (Å²) >= 11 is 0. The maximum atomic E-state index is 13.5. The molecule has 0 saturated heterocycles. The summed E-state index contributed by atoms with van der Waals surface area (Å²) in [4.78, 5) is 6.62. The first-order valence-electron chi connectivity index (χ1n) is 6.89. The predicted molar refractivity (Wildman–Crippen MR) is 64.9 cm³/mol. The van der Waals surface area contributed by atoms with Gasteiger partial charge in [-0.3, -0.25) is 9.78 Å². The summed E-state index contributed by atoms with van der Waals surface area (Å²) in [5, 5.41) is 3.15. The zero-order valence-electron chi connectivity index (χ0n) is 13.5. The molecule has 0 saturated carbocycles. The van der Waals surface area contributed by atoms with Gasteiger partial charge in [-0.1, -0.05) is 0 Å². The summed E-state index contributed by atoms with van der Waals surface area (Å²) in [6.45, 7) is 0. The average molecular weight is 482 g/mol. The molecule has 0 fully saturated rings. The first-order chi connectivity index (χ1) is 14.0. The topological polar surface area (TPSA) is 27.7 Å². The molecule has 0 unspecified atom stereocenters. The van der Waals surface area contributed by atoms with Gasteiger partial charge in [0.05, 0.1) is 0 Å². The second-order valence-electron chi connectivity index (χ2n) is 5.15. The van der Waals surface area contributed by atoms with E-state index in [1.165, 1.54) is 0 Å². The second kappa shape index (κ2) is 7.93. The molecule has 0 radical (unpaired) electrons. The van der Waals surface area contributed by atoms with Gasteiger partial charge in [-0.2, -0.15) is 35.1 Å². The molecular formula is C14F14O3. The highest BCUT2D eigenvalue weighted by molar-refractivity contribution is 5.41. The van der Waals surface area contributed by atoms with Crippen LogP contribution in [0.4, 0.5) is 61.5 Å². The summed E-state index contributed by atoms with van der Waals surface area (Å²) in [5.41, 5.74) is -6.05. The van der Waals surface area contributed by atoms with Crippen LogP contribution in [-0.2, 0) is 17.4 Å². The normalized spacial score (nSPS) is 12.3. The van der Waals surface area contributed by atoms with E-state index < -0.39 is 81.5 Å². The Morgan fingerprint density at radius 3 is 0.903 bits per heavy atom. The Bertz CT molecular complexity index is 946. The van der Waals surface area contributed by atoms with Crippen molar-refractivity contribution in [1.82, 2.24) is 0 Å². The fourth-order valence-electron chi connectivity index (χ4n) is 1.97. The molecule has 0 aliphatic heterocycles. The third-order valence-electron chi connectivity index (χ3n) is 3.25. The van der Waals surface area contributed by atoms with Crippen LogP contribution in [0.1, 0.15) is 11.1 Å². The van der Waals surface area contributed by atoms with Crippen LogP contribution in [0, 0.1) is 46.5 Å². The molecule has 17 heteroatoms. The van der Waals surface area contributed by atoms with Gasteiger partial charge >= 0.3 is 12.4 Å². The standard InChI is InChI=1S/C14F14O3/c15-3-1(13(23,24)25)11(9(21)7(19)5(3)17)29-31-30-12-2(14(26,27)28)4(16)6(18)8(20)10(12)22. The Labute approximate surface area is 159 Å². The summed E-state index contributed by atoms with van der Waals surface area (Å²) in [7, 11) is 0. The fraction of sp³-hybridized carbons (Fsp3) is 0.143. The lowest BCUT2D eigenvalue weighted by atomic mass is 10.1. The maximum absolute atomic E-state index is 13.5. The molecule has 0 heterocycles. The van der Waals surface area contributed by atoms with Crippen molar-refractivity contribution in [3.63, 3.8) is 0 Å². The highest BCUT2D eigenvalue weighted by Crippen LogP contribution is 2.44. The minimum absolute atomic E-state index is 2.69. The summed E-state index contributed by atoms with van der Waals surface area (Å²) in [5.74, 6) is -29.2. The molecule has 3 nitrogen and oxygen atoms in total. The molecule has 0 aromatic heterocycles. The third-order valence-corrected chi connectivity index (χ3v) is 3.25.